The molecule has 0 aromatic heterocycles. The molecule has 0 aliphatic carbocycles. The lowest BCUT2D eigenvalue weighted by Gasteiger charge is -2.35. The Morgan fingerprint density at radius 3 is 2.37 bits per heavy atom. The van der Waals surface area contributed by atoms with Gasteiger partial charge >= 0.3 is 0 Å². The molecular formula is C21H26FN3O4S. The van der Waals surface area contributed by atoms with Crippen LogP contribution in [0.1, 0.15) is 16.8 Å². The summed E-state index contributed by atoms with van der Waals surface area (Å²) in [6.45, 7) is 2.20. The van der Waals surface area contributed by atoms with E-state index in [0.717, 1.165) is 11.4 Å². The Hall–Kier alpha value is -2.65. The number of amides is 1. The van der Waals surface area contributed by atoms with E-state index in [1.807, 2.05) is 24.3 Å². The van der Waals surface area contributed by atoms with E-state index in [1.54, 1.807) is 13.2 Å². The van der Waals surface area contributed by atoms with Crippen LogP contribution in [-0.4, -0.2) is 64.2 Å². The lowest BCUT2D eigenvalue weighted by Crippen LogP contribution is -2.49. The molecule has 0 spiro atoms. The highest BCUT2D eigenvalue weighted by molar-refractivity contribution is 7.89. The molecule has 1 saturated heterocycles. The van der Waals surface area contributed by atoms with Crippen LogP contribution >= 0.6 is 0 Å². The number of nitrogens with zero attached hydrogens (tertiary/aromatic N) is 2. The fourth-order valence-corrected chi connectivity index (χ4v) is 4.83. The van der Waals surface area contributed by atoms with Crippen LogP contribution in [0.25, 0.3) is 0 Å². The normalized spacial score (nSPS) is 15.1. The number of hydrogen-bond donors (Lipinski definition) is 1. The fourth-order valence-electron chi connectivity index (χ4n) is 3.34. The number of anilines is 1. The van der Waals surface area contributed by atoms with E-state index in [9.17, 15) is 17.6 Å². The van der Waals surface area contributed by atoms with Crippen molar-refractivity contribution in [1.29, 1.82) is 0 Å². The van der Waals surface area contributed by atoms with Gasteiger partial charge in [-0.05, 0) is 42.8 Å². The van der Waals surface area contributed by atoms with Crippen molar-refractivity contribution in [3.63, 3.8) is 0 Å². The minimum Gasteiger partial charge on any atom is -0.497 e. The molecule has 162 valence electrons. The maximum absolute atomic E-state index is 13.6. The Morgan fingerprint density at radius 1 is 1.07 bits per heavy atom. The Balaban J connectivity index is 1.44. The molecule has 0 saturated carbocycles. The maximum atomic E-state index is 13.6. The van der Waals surface area contributed by atoms with Gasteiger partial charge in [0.25, 0.3) is 5.91 Å². The first-order valence-electron chi connectivity index (χ1n) is 9.80. The van der Waals surface area contributed by atoms with Crippen LogP contribution in [0, 0.1) is 5.82 Å². The van der Waals surface area contributed by atoms with E-state index in [4.69, 9.17) is 4.74 Å². The quantitative estimate of drug-likeness (QED) is 0.643. The zero-order chi connectivity index (χ0) is 21.6. The van der Waals surface area contributed by atoms with E-state index in [-0.39, 0.29) is 24.3 Å². The summed E-state index contributed by atoms with van der Waals surface area (Å²) in [5.74, 6) is -0.425. The molecule has 1 amide bonds. The third-order valence-corrected chi connectivity index (χ3v) is 7.01. The monoisotopic (exact) mass is 435 g/mol. The summed E-state index contributed by atoms with van der Waals surface area (Å²) >= 11 is 0. The lowest BCUT2D eigenvalue weighted by molar-refractivity contribution is 0.0949. The molecule has 0 bridgehead atoms. The summed E-state index contributed by atoms with van der Waals surface area (Å²) in [5.41, 5.74) is 0.985. The molecule has 1 heterocycles. The van der Waals surface area contributed by atoms with Crippen LogP contribution < -0.4 is 15.0 Å². The number of carbonyl (C=O) groups is 1. The number of methoxy groups -OCH3 is 1. The second-order valence-corrected chi connectivity index (χ2v) is 9.08. The molecular weight excluding hydrogens is 409 g/mol. The van der Waals surface area contributed by atoms with Crippen molar-refractivity contribution < 1.29 is 22.3 Å². The van der Waals surface area contributed by atoms with Crippen LogP contribution in [0.2, 0.25) is 0 Å². The standard InChI is InChI=1S/C21H26FN3O4S/c1-29-18-9-7-17(8-10-18)24-12-14-25(15-13-24)30(27,28)16-4-11-23-21(26)19-5-2-3-6-20(19)22/h2-3,5-10H,4,11-16H2,1H3,(H,23,26). The number of hydrogen-bond acceptors (Lipinski definition) is 5. The smallest absolute Gasteiger partial charge is 0.254 e. The van der Waals surface area contributed by atoms with E-state index in [0.29, 0.717) is 26.2 Å². The first-order chi connectivity index (χ1) is 14.4. The Kier molecular flexibility index (Phi) is 7.28. The minimum atomic E-state index is -3.41. The summed E-state index contributed by atoms with van der Waals surface area (Å²) in [5, 5.41) is 2.57. The van der Waals surface area contributed by atoms with Crippen LogP contribution in [0.3, 0.4) is 0 Å². The average molecular weight is 436 g/mol. The second-order valence-electron chi connectivity index (χ2n) is 6.99. The van der Waals surface area contributed by atoms with Gasteiger partial charge in [0.1, 0.15) is 11.6 Å². The number of benzene rings is 2. The molecule has 7 nitrogen and oxygen atoms in total. The van der Waals surface area contributed by atoms with Crippen molar-refractivity contribution in [3.05, 3.63) is 59.9 Å². The highest BCUT2D eigenvalue weighted by Crippen LogP contribution is 2.21. The second kappa shape index (κ2) is 9.90. The van der Waals surface area contributed by atoms with Crippen LogP contribution in [0.15, 0.2) is 48.5 Å². The molecule has 1 fully saturated rings. The number of nitrogens with one attached hydrogen (secondary N) is 1. The summed E-state index contributed by atoms with van der Waals surface area (Å²) in [6.07, 6.45) is 0.265. The summed E-state index contributed by atoms with van der Waals surface area (Å²) in [4.78, 5) is 14.1. The van der Waals surface area contributed by atoms with Crippen molar-refractivity contribution in [2.45, 2.75) is 6.42 Å². The molecule has 0 unspecified atom stereocenters. The third-order valence-electron chi connectivity index (χ3n) is 5.05. The molecule has 30 heavy (non-hydrogen) atoms. The van der Waals surface area contributed by atoms with E-state index in [1.165, 1.54) is 22.5 Å². The molecule has 1 aliphatic rings. The first kappa shape index (κ1) is 22.0. The SMILES string of the molecule is COc1ccc(N2CCN(S(=O)(=O)CCCNC(=O)c3ccccc3F)CC2)cc1. The van der Waals surface area contributed by atoms with Gasteiger partial charge in [-0.1, -0.05) is 12.1 Å². The predicted molar refractivity (Wildman–Crippen MR) is 114 cm³/mol. The topological polar surface area (TPSA) is 79.0 Å². The molecule has 3 rings (SSSR count). The molecule has 1 N–H and O–H groups in total. The number of piperazine rings is 1. The van der Waals surface area contributed by atoms with Crippen molar-refractivity contribution in [3.8, 4) is 5.75 Å². The number of ether oxygens (including phenoxy) is 1. The van der Waals surface area contributed by atoms with Gasteiger partial charge in [0, 0.05) is 38.4 Å². The van der Waals surface area contributed by atoms with E-state index >= 15 is 0 Å². The highest BCUT2D eigenvalue weighted by atomic mass is 32.2. The minimum absolute atomic E-state index is 0.0463. The first-order valence-corrected chi connectivity index (χ1v) is 11.4. The van der Waals surface area contributed by atoms with Gasteiger partial charge in [-0.2, -0.15) is 4.31 Å². The van der Waals surface area contributed by atoms with Gasteiger partial charge in [-0.15, -0.1) is 0 Å². The van der Waals surface area contributed by atoms with Crippen LogP contribution in [-0.2, 0) is 10.0 Å². The fraction of sp³-hybridized carbons (Fsp3) is 0.381. The number of carbonyl (C=O) groups excluding carboxylic acids is 1. The predicted octanol–water partition coefficient (Wildman–Crippen LogP) is 2.11. The third kappa shape index (κ3) is 5.48. The summed E-state index contributed by atoms with van der Waals surface area (Å²) in [7, 11) is -1.79. The van der Waals surface area contributed by atoms with Crippen molar-refractivity contribution in [2.24, 2.45) is 0 Å². The van der Waals surface area contributed by atoms with Gasteiger partial charge in [0.15, 0.2) is 0 Å². The van der Waals surface area contributed by atoms with Crippen molar-refractivity contribution >= 4 is 21.6 Å². The molecule has 0 radical (unpaired) electrons. The van der Waals surface area contributed by atoms with Crippen LogP contribution in [0.4, 0.5) is 10.1 Å². The van der Waals surface area contributed by atoms with Crippen LogP contribution in [0.5, 0.6) is 5.75 Å². The number of sulfonamides is 1. The Labute approximate surface area is 176 Å². The van der Waals surface area contributed by atoms with E-state index in [2.05, 4.69) is 10.2 Å². The lowest BCUT2D eigenvalue weighted by atomic mass is 10.2. The van der Waals surface area contributed by atoms with Gasteiger partial charge in [-0.25, -0.2) is 12.8 Å². The van der Waals surface area contributed by atoms with Gasteiger partial charge < -0.3 is 15.0 Å². The average Bonchev–Trinajstić information content (AvgIpc) is 2.77. The summed E-state index contributed by atoms with van der Waals surface area (Å²) < 4.78 is 45.5. The number of rotatable bonds is 8. The highest BCUT2D eigenvalue weighted by Gasteiger charge is 2.26. The maximum Gasteiger partial charge on any atom is 0.254 e. The zero-order valence-electron chi connectivity index (χ0n) is 16.9. The van der Waals surface area contributed by atoms with Gasteiger partial charge in [-0.3, -0.25) is 4.79 Å². The van der Waals surface area contributed by atoms with Crippen molar-refractivity contribution in [1.82, 2.24) is 9.62 Å². The molecule has 1 aliphatic heterocycles. The summed E-state index contributed by atoms with van der Waals surface area (Å²) in [6, 6.07) is 13.4. The molecule has 2 aromatic carbocycles. The molecule has 0 atom stereocenters. The Bertz CT molecular complexity index is 958. The van der Waals surface area contributed by atoms with E-state index < -0.39 is 21.7 Å². The Morgan fingerprint density at radius 2 is 1.73 bits per heavy atom. The van der Waals surface area contributed by atoms with Gasteiger partial charge in [0.2, 0.25) is 10.0 Å². The molecule has 2 aromatic rings. The molecule has 9 heteroatoms. The zero-order valence-corrected chi connectivity index (χ0v) is 17.7. The largest absolute Gasteiger partial charge is 0.497 e. The van der Waals surface area contributed by atoms with Crippen molar-refractivity contribution in [2.75, 3.05) is 50.5 Å². The number of halogens is 1. The van der Waals surface area contributed by atoms with Gasteiger partial charge in [0.05, 0.1) is 18.4 Å².